The van der Waals surface area contributed by atoms with Gasteiger partial charge in [0, 0.05) is 11.9 Å². The number of nitrogens with zero attached hydrogens (tertiary/aromatic N) is 2. The summed E-state index contributed by atoms with van der Waals surface area (Å²) in [5, 5.41) is 1.83. The molecule has 7 heteroatoms. The van der Waals surface area contributed by atoms with Crippen LogP contribution >= 0.6 is 22.7 Å². The van der Waals surface area contributed by atoms with Crippen LogP contribution in [0.15, 0.2) is 28.4 Å². The third-order valence-corrected chi connectivity index (χ3v) is 4.94. The van der Waals surface area contributed by atoms with E-state index < -0.39 is 0 Å². The molecule has 0 saturated carbocycles. The molecule has 108 valence electrons. The standard InChI is InChI=1S/C14H13N3O2S2/c1-8-3-4-10(21-8)14(19)17(2)7-11-15-9-5-6-20-12(9)13(18)16-11/h3-6H,7H2,1-2H3,(H,15,16,18). The van der Waals surface area contributed by atoms with Crippen LogP contribution in [-0.2, 0) is 6.54 Å². The molecule has 0 bridgehead atoms. The van der Waals surface area contributed by atoms with Gasteiger partial charge in [0.05, 0.1) is 16.9 Å². The molecule has 1 amide bonds. The highest BCUT2D eigenvalue weighted by Crippen LogP contribution is 2.18. The number of carbonyl (C=O) groups excluding carboxylic acids is 1. The van der Waals surface area contributed by atoms with Crippen molar-refractivity contribution in [2.24, 2.45) is 0 Å². The lowest BCUT2D eigenvalue weighted by Gasteiger charge is -2.15. The number of aryl methyl sites for hydroxylation is 1. The van der Waals surface area contributed by atoms with Crippen LogP contribution in [0.4, 0.5) is 0 Å². The smallest absolute Gasteiger partial charge is 0.268 e. The summed E-state index contributed by atoms with van der Waals surface area (Å²) < 4.78 is 0.613. The fourth-order valence-corrected chi connectivity index (χ4v) is 3.62. The molecule has 3 aromatic rings. The third-order valence-electron chi connectivity index (χ3n) is 3.05. The van der Waals surface area contributed by atoms with Crippen LogP contribution in [0.3, 0.4) is 0 Å². The summed E-state index contributed by atoms with van der Waals surface area (Å²) in [6, 6.07) is 5.55. The van der Waals surface area contributed by atoms with E-state index in [0.717, 1.165) is 4.88 Å². The molecule has 0 atom stereocenters. The highest BCUT2D eigenvalue weighted by molar-refractivity contribution is 7.17. The van der Waals surface area contributed by atoms with Crippen LogP contribution in [-0.4, -0.2) is 27.8 Å². The second-order valence-corrected chi connectivity index (χ2v) is 6.92. The fourth-order valence-electron chi connectivity index (χ4n) is 2.03. The van der Waals surface area contributed by atoms with Crippen molar-refractivity contribution in [3.8, 4) is 0 Å². The van der Waals surface area contributed by atoms with Gasteiger partial charge in [-0.25, -0.2) is 4.98 Å². The number of hydrogen-bond donors (Lipinski definition) is 1. The first-order valence-corrected chi connectivity index (χ1v) is 8.02. The molecule has 0 aliphatic heterocycles. The molecule has 0 saturated heterocycles. The van der Waals surface area contributed by atoms with E-state index >= 15 is 0 Å². The zero-order valence-corrected chi connectivity index (χ0v) is 13.2. The second-order valence-electron chi connectivity index (χ2n) is 4.72. The Morgan fingerprint density at radius 3 is 2.90 bits per heavy atom. The normalized spacial score (nSPS) is 11.0. The number of fused-ring (bicyclic) bond motifs is 1. The minimum Gasteiger partial charge on any atom is -0.334 e. The lowest BCUT2D eigenvalue weighted by molar-refractivity contribution is 0.0786. The summed E-state index contributed by atoms with van der Waals surface area (Å²) in [4.78, 5) is 34.6. The van der Waals surface area contributed by atoms with Gasteiger partial charge in [0.25, 0.3) is 11.5 Å². The Morgan fingerprint density at radius 2 is 2.19 bits per heavy atom. The monoisotopic (exact) mass is 319 g/mol. The maximum atomic E-state index is 12.3. The molecule has 3 rings (SSSR count). The van der Waals surface area contributed by atoms with E-state index in [9.17, 15) is 9.59 Å². The van der Waals surface area contributed by atoms with Gasteiger partial charge in [-0.1, -0.05) is 0 Å². The number of nitrogens with one attached hydrogen (secondary N) is 1. The summed E-state index contributed by atoms with van der Waals surface area (Å²) >= 11 is 2.82. The predicted octanol–water partition coefficient (Wildman–Crippen LogP) is 2.63. The lowest BCUT2D eigenvalue weighted by Crippen LogP contribution is -2.27. The van der Waals surface area contributed by atoms with E-state index in [2.05, 4.69) is 9.97 Å². The highest BCUT2D eigenvalue weighted by atomic mass is 32.1. The Bertz CT molecular complexity index is 862. The summed E-state index contributed by atoms with van der Waals surface area (Å²) in [5.41, 5.74) is 0.518. The molecule has 0 unspecified atom stereocenters. The van der Waals surface area contributed by atoms with Crippen LogP contribution in [0.5, 0.6) is 0 Å². The van der Waals surface area contributed by atoms with Gasteiger partial charge in [-0.2, -0.15) is 0 Å². The molecular weight excluding hydrogens is 306 g/mol. The van der Waals surface area contributed by atoms with Gasteiger partial charge in [-0.3, -0.25) is 9.59 Å². The number of carbonyl (C=O) groups is 1. The summed E-state index contributed by atoms with van der Waals surface area (Å²) in [6.07, 6.45) is 0. The van der Waals surface area contributed by atoms with Crippen molar-refractivity contribution in [1.82, 2.24) is 14.9 Å². The number of amides is 1. The molecule has 21 heavy (non-hydrogen) atoms. The topological polar surface area (TPSA) is 66.1 Å². The molecule has 5 nitrogen and oxygen atoms in total. The zero-order valence-electron chi connectivity index (χ0n) is 11.5. The van der Waals surface area contributed by atoms with Crippen molar-refractivity contribution in [3.63, 3.8) is 0 Å². The average Bonchev–Trinajstić information content (AvgIpc) is 3.06. The van der Waals surface area contributed by atoms with Gasteiger partial charge in [0.15, 0.2) is 0 Å². The molecule has 0 aliphatic carbocycles. The maximum absolute atomic E-state index is 12.3. The van der Waals surface area contributed by atoms with Crippen molar-refractivity contribution in [3.05, 3.63) is 49.5 Å². The quantitative estimate of drug-likeness (QED) is 0.807. The van der Waals surface area contributed by atoms with Crippen molar-refractivity contribution in [1.29, 1.82) is 0 Å². The molecule has 1 N–H and O–H groups in total. The Hall–Kier alpha value is -1.99. The average molecular weight is 319 g/mol. The predicted molar refractivity (Wildman–Crippen MR) is 85.1 cm³/mol. The maximum Gasteiger partial charge on any atom is 0.268 e. The zero-order chi connectivity index (χ0) is 15.0. The first-order chi connectivity index (χ1) is 10.0. The molecule has 0 spiro atoms. The first-order valence-electron chi connectivity index (χ1n) is 6.33. The SMILES string of the molecule is Cc1ccc(C(=O)N(C)Cc2nc3ccsc3c(=O)[nH]2)s1. The molecular formula is C14H13N3O2S2. The molecule has 0 radical (unpaired) electrons. The summed E-state index contributed by atoms with van der Waals surface area (Å²) in [7, 11) is 1.70. The van der Waals surface area contributed by atoms with Crippen LogP contribution in [0.25, 0.3) is 10.2 Å². The molecule has 3 heterocycles. The first kappa shape index (κ1) is 14.0. The van der Waals surface area contributed by atoms with Gasteiger partial charge >= 0.3 is 0 Å². The van der Waals surface area contributed by atoms with Crippen LogP contribution < -0.4 is 5.56 Å². The number of hydrogen-bond acceptors (Lipinski definition) is 5. The van der Waals surface area contributed by atoms with Gasteiger partial charge in [0.1, 0.15) is 10.5 Å². The van der Waals surface area contributed by atoms with E-state index in [-0.39, 0.29) is 18.0 Å². The van der Waals surface area contributed by atoms with E-state index in [0.29, 0.717) is 20.9 Å². The summed E-state index contributed by atoms with van der Waals surface area (Å²) in [6.45, 7) is 2.24. The van der Waals surface area contributed by atoms with Gasteiger partial charge in [0.2, 0.25) is 0 Å². The molecule has 0 aliphatic rings. The molecule has 3 aromatic heterocycles. The van der Waals surface area contributed by atoms with Gasteiger partial charge < -0.3 is 9.88 Å². The van der Waals surface area contributed by atoms with Crippen molar-refractivity contribution in [2.45, 2.75) is 13.5 Å². The number of aromatic amines is 1. The van der Waals surface area contributed by atoms with Gasteiger partial charge in [-0.15, -0.1) is 22.7 Å². The third kappa shape index (κ3) is 2.74. The lowest BCUT2D eigenvalue weighted by atomic mass is 10.3. The molecule has 0 fully saturated rings. The largest absolute Gasteiger partial charge is 0.334 e. The van der Waals surface area contributed by atoms with E-state index in [1.165, 1.54) is 22.7 Å². The van der Waals surface area contributed by atoms with Crippen LogP contribution in [0.1, 0.15) is 20.4 Å². The number of rotatable bonds is 3. The summed E-state index contributed by atoms with van der Waals surface area (Å²) in [5.74, 6) is 0.427. The van der Waals surface area contributed by atoms with E-state index in [1.807, 2.05) is 30.5 Å². The van der Waals surface area contributed by atoms with Crippen molar-refractivity contribution in [2.75, 3.05) is 7.05 Å². The van der Waals surface area contributed by atoms with Crippen molar-refractivity contribution >= 4 is 38.8 Å². The minimum absolute atomic E-state index is 0.0684. The van der Waals surface area contributed by atoms with Crippen LogP contribution in [0.2, 0.25) is 0 Å². The Balaban J connectivity index is 1.84. The fraction of sp³-hybridized carbons (Fsp3) is 0.214. The van der Waals surface area contributed by atoms with Crippen LogP contribution in [0, 0.1) is 6.92 Å². The Labute approximate surface area is 128 Å². The number of H-pyrrole nitrogens is 1. The Morgan fingerprint density at radius 1 is 1.38 bits per heavy atom. The Kier molecular flexibility index (Phi) is 3.60. The van der Waals surface area contributed by atoms with E-state index in [4.69, 9.17) is 0 Å². The highest BCUT2D eigenvalue weighted by Gasteiger charge is 2.15. The minimum atomic E-state index is -0.155. The van der Waals surface area contributed by atoms with E-state index in [1.54, 1.807) is 11.9 Å². The number of aromatic nitrogens is 2. The number of thiophene rings is 2. The molecule has 0 aromatic carbocycles. The van der Waals surface area contributed by atoms with Crippen molar-refractivity contribution < 1.29 is 4.79 Å². The second kappa shape index (κ2) is 5.42. The van der Waals surface area contributed by atoms with Gasteiger partial charge in [-0.05, 0) is 30.5 Å².